The van der Waals surface area contributed by atoms with Gasteiger partial charge in [-0.05, 0) is 32.3 Å². The van der Waals surface area contributed by atoms with Gasteiger partial charge in [-0.1, -0.05) is 63.3 Å². The Balaban J connectivity index is 0.00000115. The molecule has 0 radical (unpaired) electrons. The maximum Gasteiger partial charge on any atom is 0.0420 e. The van der Waals surface area contributed by atoms with Crippen molar-refractivity contribution in [2.75, 3.05) is 0 Å². The summed E-state index contributed by atoms with van der Waals surface area (Å²) < 4.78 is 0. The fraction of sp³-hybridized carbons (Fsp3) is 0.444. The molecule has 0 bridgehead atoms. The summed E-state index contributed by atoms with van der Waals surface area (Å²) in [6.07, 6.45) is 12.9. The monoisotopic (exact) mass is 259 g/mol. The van der Waals surface area contributed by atoms with Crippen LogP contribution in [-0.4, -0.2) is 0 Å². The maximum absolute atomic E-state index is 3.92. The number of rotatable bonds is 4. The molecule has 1 heteroatoms. The Morgan fingerprint density at radius 1 is 1.26 bits per heavy atom. The van der Waals surface area contributed by atoms with E-state index in [1.807, 2.05) is 27.7 Å². The smallest absolute Gasteiger partial charge is 0.0420 e. The zero-order chi connectivity index (χ0) is 14.5. The van der Waals surface area contributed by atoms with Crippen LogP contribution in [0.1, 0.15) is 48.4 Å². The minimum absolute atomic E-state index is 0. The summed E-state index contributed by atoms with van der Waals surface area (Å²) in [6, 6.07) is 0. The number of nitrogens with one attached hydrogen (secondary N) is 1. The fourth-order valence-corrected chi connectivity index (χ4v) is 2.38. The van der Waals surface area contributed by atoms with Gasteiger partial charge in [-0.25, -0.2) is 0 Å². The molecule has 0 unspecified atom stereocenters. The molecule has 0 aromatic carbocycles. The van der Waals surface area contributed by atoms with Gasteiger partial charge in [-0.2, -0.15) is 0 Å². The summed E-state index contributed by atoms with van der Waals surface area (Å²) in [5.74, 6) is 0. The van der Waals surface area contributed by atoms with Crippen LogP contribution in [0, 0.1) is 5.41 Å². The van der Waals surface area contributed by atoms with Gasteiger partial charge in [0.25, 0.3) is 0 Å². The third kappa shape index (κ3) is 3.99. The molecule has 1 saturated carbocycles. The first-order valence-corrected chi connectivity index (χ1v) is 7.23. The van der Waals surface area contributed by atoms with Crippen LogP contribution in [-0.2, 0) is 0 Å². The van der Waals surface area contributed by atoms with E-state index in [1.54, 1.807) is 0 Å². The summed E-state index contributed by atoms with van der Waals surface area (Å²) in [5.41, 5.74) is 4.87. The second-order valence-electron chi connectivity index (χ2n) is 5.33. The van der Waals surface area contributed by atoms with E-state index >= 15 is 0 Å². The number of hydrogen-bond acceptors (Lipinski definition) is 1. The lowest BCUT2D eigenvalue weighted by Gasteiger charge is -2.34. The van der Waals surface area contributed by atoms with E-state index in [2.05, 4.69) is 42.8 Å². The van der Waals surface area contributed by atoms with E-state index in [0.717, 1.165) is 11.3 Å². The van der Waals surface area contributed by atoms with Crippen molar-refractivity contribution in [2.24, 2.45) is 5.41 Å². The Bertz CT molecular complexity index is 448. The van der Waals surface area contributed by atoms with Crippen molar-refractivity contribution in [3.8, 4) is 0 Å². The first-order valence-electron chi connectivity index (χ1n) is 7.23. The van der Waals surface area contributed by atoms with Crippen LogP contribution in [0.15, 0.2) is 60.0 Å². The molecule has 0 aliphatic heterocycles. The molecule has 106 valence electrons. The van der Waals surface area contributed by atoms with Crippen molar-refractivity contribution in [1.82, 2.24) is 5.32 Å². The molecular formula is C18H29N. The van der Waals surface area contributed by atoms with E-state index in [4.69, 9.17) is 0 Å². The van der Waals surface area contributed by atoms with Crippen molar-refractivity contribution < 1.29 is 1.43 Å². The highest BCUT2D eigenvalue weighted by Crippen LogP contribution is 2.49. The molecule has 0 amide bonds. The Hall–Kier alpha value is -1.50. The van der Waals surface area contributed by atoms with Gasteiger partial charge in [0.05, 0.1) is 0 Å². The van der Waals surface area contributed by atoms with Gasteiger partial charge >= 0.3 is 0 Å². The average Bonchev–Trinajstić information content (AvgIpc) is 2.67. The Morgan fingerprint density at radius 2 is 1.89 bits per heavy atom. The predicted molar refractivity (Wildman–Crippen MR) is 87.8 cm³/mol. The Morgan fingerprint density at radius 3 is 2.32 bits per heavy atom. The summed E-state index contributed by atoms with van der Waals surface area (Å²) in [7, 11) is 0. The second kappa shape index (κ2) is 6.60. The molecule has 0 saturated heterocycles. The van der Waals surface area contributed by atoms with Crippen molar-refractivity contribution in [1.29, 1.82) is 0 Å². The largest absolute Gasteiger partial charge is 0.359 e. The molecule has 1 spiro atoms. The van der Waals surface area contributed by atoms with Crippen LogP contribution in [0.25, 0.3) is 0 Å². The van der Waals surface area contributed by atoms with Crippen LogP contribution in [0.5, 0.6) is 0 Å². The van der Waals surface area contributed by atoms with Crippen molar-refractivity contribution >= 4 is 0 Å². The highest BCUT2D eigenvalue weighted by atomic mass is 14.9. The van der Waals surface area contributed by atoms with Gasteiger partial charge in [-0.15, -0.1) is 0 Å². The molecule has 0 atom stereocenters. The normalized spacial score (nSPS) is 19.2. The molecule has 0 heterocycles. The summed E-state index contributed by atoms with van der Waals surface area (Å²) in [6.45, 7) is 15.8. The second-order valence-corrected chi connectivity index (χ2v) is 5.33. The fourth-order valence-electron chi connectivity index (χ4n) is 2.38. The van der Waals surface area contributed by atoms with Crippen LogP contribution < -0.4 is 5.32 Å². The minimum atomic E-state index is 0. The zero-order valence-corrected chi connectivity index (χ0v) is 12.8. The molecule has 1 fully saturated rings. The lowest BCUT2D eigenvalue weighted by molar-refractivity contribution is 0.280. The highest BCUT2D eigenvalue weighted by Gasteiger charge is 2.37. The standard InChI is InChI=1S/C16H21N.C2H6.H2/c1-12(2)6-7-14-10-16(8-5-9-16)11-15(14)17-13(3)4;1-2;/h6-7,10-11,17H,1,3,5,8-9H2,2,4H3;1-2H3;1H/b7-6-;;. The van der Waals surface area contributed by atoms with Gasteiger partial charge in [0.1, 0.15) is 0 Å². The van der Waals surface area contributed by atoms with Crippen LogP contribution in [0.3, 0.4) is 0 Å². The van der Waals surface area contributed by atoms with E-state index in [-0.39, 0.29) is 1.43 Å². The Labute approximate surface area is 120 Å². The van der Waals surface area contributed by atoms with Crippen molar-refractivity contribution in [3.63, 3.8) is 0 Å². The maximum atomic E-state index is 3.92. The number of allylic oxidation sites excluding steroid dienone is 6. The molecule has 2 aliphatic carbocycles. The minimum Gasteiger partial charge on any atom is -0.359 e. The predicted octanol–water partition coefficient (Wildman–Crippen LogP) is 5.51. The molecule has 0 aromatic rings. The summed E-state index contributed by atoms with van der Waals surface area (Å²) >= 11 is 0. The molecule has 2 aliphatic rings. The van der Waals surface area contributed by atoms with Crippen LogP contribution in [0.2, 0.25) is 0 Å². The van der Waals surface area contributed by atoms with Crippen LogP contribution in [0.4, 0.5) is 0 Å². The highest BCUT2D eigenvalue weighted by molar-refractivity contribution is 5.50. The first-order chi connectivity index (χ1) is 9.01. The molecule has 2 rings (SSSR count). The summed E-state index contributed by atoms with van der Waals surface area (Å²) in [5, 5.41) is 3.36. The topological polar surface area (TPSA) is 12.0 Å². The van der Waals surface area contributed by atoms with E-state index < -0.39 is 0 Å². The van der Waals surface area contributed by atoms with E-state index in [9.17, 15) is 0 Å². The summed E-state index contributed by atoms with van der Waals surface area (Å²) in [4.78, 5) is 0. The van der Waals surface area contributed by atoms with E-state index in [1.165, 1.54) is 30.5 Å². The lowest BCUT2D eigenvalue weighted by atomic mass is 9.70. The van der Waals surface area contributed by atoms with Crippen LogP contribution >= 0.6 is 0 Å². The van der Waals surface area contributed by atoms with Crippen molar-refractivity contribution in [3.05, 3.63) is 60.0 Å². The Kier molecular flexibility index (Phi) is 5.41. The van der Waals surface area contributed by atoms with Gasteiger partial charge in [0.2, 0.25) is 0 Å². The molecule has 1 N–H and O–H groups in total. The zero-order valence-electron chi connectivity index (χ0n) is 12.8. The van der Waals surface area contributed by atoms with Gasteiger partial charge in [0, 0.05) is 18.2 Å². The molecule has 19 heavy (non-hydrogen) atoms. The molecular weight excluding hydrogens is 230 g/mol. The average molecular weight is 259 g/mol. The quantitative estimate of drug-likeness (QED) is 0.656. The van der Waals surface area contributed by atoms with Gasteiger partial charge in [0.15, 0.2) is 0 Å². The third-order valence-corrected chi connectivity index (χ3v) is 3.37. The van der Waals surface area contributed by atoms with E-state index in [0.29, 0.717) is 5.41 Å². The molecule has 0 aromatic heterocycles. The third-order valence-electron chi connectivity index (χ3n) is 3.37. The number of hydrogen-bond donors (Lipinski definition) is 1. The first kappa shape index (κ1) is 15.6. The lowest BCUT2D eigenvalue weighted by Crippen LogP contribution is -2.23. The van der Waals surface area contributed by atoms with Gasteiger partial charge < -0.3 is 5.32 Å². The SMILES string of the molecule is C=C(C)/C=C\C1=CC2(C=C1NC(=C)C)CCC2.CC.[HH]. The molecule has 1 nitrogen and oxygen atoms in total. The van der Waals surface area contributed by atoms with Gasteiger partial charge in [-0.3, -0.25) is 0 Å². The van der Waals surface area contributed by atoms with Crippen molar-refractivity contribution in [2.45, 2.75) is 47.0 Å².